The number of urea groups is 1. The van der Waals surface area contributed by atoms with E-state index in [2.05, 4.69) is 29.7 Å². The number of carbonyl (C=O) groups excluding carboxylic acids is 1. The van der Waals surface area contributed by atoms with Crippen LogP contribution in [-0.4, -0.2) is 25.2 Å². The number of nitrogens with one attached hydrogen (secondary N) is 2. The Kier molecular flexibility index (Phi) is 4.32. The van der Waals surface area contributed by atoms with Crippen LogP contribution >= 0.6 is 0 Å². The first kappa shape index (κ1) is 14.2. The molecular weight excluding hydrogens is 262 g/mol. The highest BCUT2D eigenvalue weighted by atomic mass is 16.2. The van der Waals surface area contributed by atoms with Crippen LogP contribution in [0.2, 0.25) is 0 Å². The van der Waals surface area contributed by atoms with E-state index in [1.165, 1.54) is 37.8 Å². The van der Waals surface area contributed by atoms with Gasteiger partial charge >= 0.3 is 6.03 Å². The minimum atomic E-state index is 0.00796. The minimum Gasteiger partial charge on any atom is -0.382 e. The largest absolute Gasteiger partial charge is 0.382 e. The first-order valence-corrected chi connectivity index (χ1v) is 8.18. The fourth-order valence-corrected chi connectivity index (χ4v) is 3.41. The third kappa shape index (κ3) is 3.31. The van der Waals surface area contributed by atoms with Crippen molar-refractivity contribution in [2.75, 3.05) is 23.3 Å². The molecule has 1 aromatic carbocycles. The summed E-state index contributed by atoms with van der Waals surface area (Å²) in [7, 11) is 0. The summed E-state index contributed by atoms with van der Waals surface area (Å²) < 4.78 is 0. The molecular formula is C17H25N3O. The SMILES string of the molecule is CCC1CCC(Nc2ccc(N3CCNC3=O)cc2)CC1. The second-order valence-electron chi connectivity index (χ2n) is 6.20. The van der Waals surface area contributed by atoms with Crippen LogP contribution in [0.25, 0.3) is 0 Å². The van der Waals surface area contributed by atoms with Gasteiger partial charge in [0.25, 0.3) is 0 Å². The third-order valence-electron chi connectivity index (χ3n) is 4.83. The zero-order chi connectivity index (χ0) is 14.7. The molecule has 0 unspecified atom stereocenters. The summed E-state index contributed by atoms with van der Waals surface area (Å²) in [5.41, 5.74) is 2.14. The zero-order valence-electron chi connectivity index (χ0n) is 12.8. The number of carbonyl (C=O) groups is 1. The average molecular weight is 287 g/mol. The van der Waals surface area contributed by atoms with E-state index < -0.39 is 0 Å². The smallest absolute Gasteiger partial charge is 0.321 e. The van der Waals surface area contributed by atoms with Crippen LogP contribution in [0.5, 0.6) is 0 Å². The molecule has 1 saturated heterocycles. The van der Waals surface area contributed by atoms with Gasteiger partial charge < -0.3 is 10.6 Å². The molecule has 0 aromatic heterocycles. The van der Waals surface area contributed by atoms with Crippen LogP contribution in [0, 0.1) is 5.92 Å². The molecule has 0 radical (unpaired) electrons. The number of rotatable bonds is 4. The Labute approximate surface area is 126 Å². The number of anilines is 2. The molecule has 1 aliphatic heterocycles. The molecule has 1 aromatic rings. The van der Waals surface area contributed by atoms with Gasteiger partial charge in [0.05, 0.1) is 0 Å². The predicted octanol–water partition coefficient (Wildman–Crippen LogP) is 3.60. The lowest BCUT2D eigenvalue weighted by Crippen LogP contribution is -2.28. The van der Waals surface area contributed by atoms with Gasteiger partial charge in [0.15, 0.2) is 0 Å². The van der Waals surface area contributed by atoms with Gasteiger partial charge in [0.2, 0.25) is 0 Å². The van der Waals surface area contributed by atoms with E-state index in [1.54, 1.807) is 4.90 Å². The van der Waals surface area contributed by atoms with E-state index in [-0.39, 0.29) is 6.03 Å². The molecule has 3 rings (SSSR count). The van der Waals surface area contributed by atoms with E-state index in [1.807, 2.05) is 12.1 Å². The van der Waals surface area contributed by atoms with Crippen molar-refractivity contribution in [3.8, 4) is 0 Å². The highest BCUT2D eigenvalue weighted by molar-refractivity contribution is 5.94. The summed E-state index contributed by atoms with van der Waals surface area (Å²) >= 11 is 0. The van der Waals surface area contributed by atoms with Crippen LogP contribution < -0.4 is 15.5 Å². The fraction of sp³-hybridized carbons (Fsp3) is 0.588. The van der Waals surface area contributed by atoms with Crippen molar-refractivity contribution < 1.29 is 4.79 Å². The lowest BCUT2D eigenvalue weighted by atomic mass is 9.84. The number of hydrogen-bond acceptors (Lipinski definition) is 2. The van der Waals surface area contributed by atoms with Crippen molar-refractivity contribution in [3.05, 3.63) is 24.3 Å². The molecule has 0 spiro atoms. The predicted molar refractivity (Wildman–Crippen MR) is 86.8 cm³/mol. The lowest BCUT2D eigenvalue weighted by molar-refractivity contribution is 0.252. The maximum Gasteiger partial charge on any atom is 0.321 e. The highest BCUT2D eigenvalue weighted by Gasteiger charge is 2.22. The van der Waals surface area contributed by atoms with Gasteiger partial charge in [-0.15, -0.1) is 0 Å². The topological polar surface area (TPSA) is 44.4 Å². The Bertz CT molecular complexity index is 477. The Morgan fingerprint density at radius 3 is 2.48 bits per heavy atom. The van der Waals surface area contributed by atoms with Crippen LogP contribution in [0.15, 0.2) is 24.3 Å². The van der Waals surface area contributed by atoms with Gasteiger partial charge in [0.1, 0.15) is 0 Å². The average Bonchev–Trinajstić information content (AvgIpc) is 2.95. The van der Waals surface area contributed by atoms with Crippen LogP contribution in [-0.2, 0) is 0 Å². The van der Waals surface area contributed by atoms with E-state index in [9.17, 15) is 4.79 Å². The number of amides is 2. The highest BCUT2D eigenvalue weighted by Crippen LogP contribution is 2.29. The molecule has 4 heteroatoms. The molecule has 2 amide bonds. The Hall–Kier alpha value is -1.71. The van der Waals surface area contributed by atoms with Gasteiger partial charge in [-0.1, -0.05) is 13.3 Å². The molecule has 4 nitrogen and oxygen atoms in total. The maximum absolute atomic E-state index is 11.6. The second-order valence-corrected chi connectivity index (χ2v) is 6.20. The third-order valence-corrected chi connectivity index (χ3v) is 4.83. The molecule has 1 aliphatic carbocycles. The number of benzene rings is 1. The quantitative estimate of drug-likeness (QED) is 0.888. The molecule has 1 heterocycles. The Morgan fingerprint density at radius 2 is 1.90 bits per heavy atom. The lowest BCUT2D eigenvalue weighted by Gasteiger charge is -2.29. The van der Waals surface area contributed by atoms with Crippen molar-refractivity contribution in [1.82, 2.24) is 5.32 Å². The first-order chi connectivity index (χ1) is 10.3. The van der Waals surface area contributed by atoms with Crippen LogP contribution in [0.3, 0.4) is 0 Å². The normalized spacial score (nSPS) is 25.8. The van der Waals surface area contributed by atoms with Gasteiger partial charge in [-0.3, -0.25) is 4.90 Å². The standard InChI is InChI=1S/C17H25N3O/c1-2-13-3-5-14(6-4-13)19-15-7-9-16(10-8-15)20-12-11-18-17(20)21/h7-10,13-14,19H,2-6,11-12H2,1H3,(H,18,21). The van der Waals surface area contributed by atoms with Crippen molar-refractivity contribution in [3.63, 3.8) is 0 Å². The summed E-state index contributed by atoms with van der Waals surface area (Å²) in [6.07, 6.45) is 6.56. The van der Waals surface area contributed by atoms with Crippen molar-refractivity contribution in [2.45, 2.75) is 45.1 Å². The zero-order valence-corrected chi connectivity index (χ0v) is 12.8. The summed E-state index contributed by atoms with van der Waals surface area (Å²) in [6.45, 7) is 3.79. The Morgan fingerprint density at radius 1 is 1.19 bits per heavy atom. The van der Waals surface area contributed by atoms with Crippen molar-refractivity contribution >= 4 is 17.4 Å². The van der Waals surface area contributed by atoms with E-state index in [4.69, 9.17) is 0 Å². The monoisotopic (exact) mass is 287 g/mol. The summed E-state index contributed by atoms with van der Waals surface area (Å²) in [5.74, 6) is 0.930. The summed E-state index contributed by atoms with van der Waals surface area (Å²) in [4.78, 5) is 13.4. The minimum absolute atomic E-state index is 0.00796. The molecule has 0 atom stereocenters. The van der Waals surface area contributed by atoms with Gasteiger partial charge in [-0.05, 0) is 55.9 Å². The van der Waals surface area contributed by atoms with Crippen LogP contribution in [0.4, 0.5) is 16.2 Å². The summed E-state index contributed by atoms with van der Waals surface area (Å²) in [5, 5.41) is 6.46. The second kappa shape index (κ2) is 6.37. The van der Waals surface area contributed by atoms with Crippen molar-refractivity contribution in [1.29, 1.82) is 0 Å². The van der Waals surface area contributed by atoms with Gasteiger partial charge in [-0.25, -0.2) is 4.79 Å². The number of nitrogens with zero attached hydrogens (tertiary/aromatic N) is 1. The maximum atomic E-state index is 11.6. The molecule has 114 valence electrons. The van der Waals surface area contributed by atoms with Crippen molar-refractivity contribution in [2.24, 2.45) is 5.92 Å². The molecule has 21 heavy (non-hydrogen) atoms. The molecule has 2 fully saturated rings. The number of hydrogen-bond donors (Lipinski definition) is 2. The van der Waals surface area contributed by atoms with Gasteiger partial charge in [0, 0.05) is 30.5 Å². The fourth-order valence-electron chi connectivity index (χ4n) is 3.41. The van der Waals surface area contributed by atoms with E-state index >= 15 is 0 Å². The molecule has 2 aliphatic rings. The Balaban J connectivity index is 1.56. The molecule has 2 N–H and O–H groups in total. The van der Waals surface area contributed by atoms with E-state index in [0.29, 0.717) is 6.04 Å². The van der Waals surface area contributed by atoms with E-state index in [0.717, 1.165) is 24.7 Å². The molecule has 1 saturated carbocycles. The molecule has 0 bridgehead atoms. The van der Waals surface area contributed by atoms with Gasteiger partial charge in [-0.2, -0.15) is 0 Å². The summed E-state index contributed by atoms with van der Waals surface area (Å²) in [6, 6.07) is 8.86. The first-order valence-electron chi connectivity index (χ1n) is 8.18. The van der Waals surface area contributed by atoms with Crippen LogP contribution in [0.1, 0.15) is 39.0 Å².